The third kappa shape index (κ3) is 2.98. The molecule has 3 rings (SSSR count). The molecule has 1 unspecified atom stereocenters. The van der Waals surface area contributed by atoms with Crippen molar-refractivity contribution in [2.24, 2.45) is 0 Å². The number of nitrogen functional groups attached to an aromatic ring is 1. The van der Waals surface area contributed by atoms with Gasteiger partial charge in [0.25, 0.3) is 5.91 Å². The van der Waals surface area contributed by atoms with Crippen LogP contribution in [-0.2, 0) is 0 Å². The third-order valence-electron chi connectivity index (χ3n) is 3.68. The number of hydrogen-bond donors (Lipinski definition) is 2. The number of aromatic nitrogens is 2. The SMILES string of the molecule is CC(CN1CCCC1)NC(=O)c1sc2nccnc2c1N. The van der Waals surface area contributed by atoms with Crippen molar-refractivity contribution in [3.05, 3.63) is 17.3 Å². The molecule has 1 fully saturated rings. The van der Waals surface area contributed by atoms with Crippen molar-refractivity contribution in [3.63, 3.8) is 0 Å². The first-order valence-electron chi connectivity index (χ1n) is 7.17. The Morgan fingerprint density at radius 2 is 2.14 bits per heavy atom. The average Bonchev–Trinajstić information content (AvgIpc) is 3.07. The van der Waals surface area contributed by atoms with E-state index in [-0.39, 0.29) is 11.9 Å². The highest BCUT2D eigenvalue weighted by molar-refractivity contribution is 7.21. The average molecular weight is 305 g/mol. The number of amides is 1. The smallest absolute Gasteiger partial charge is 0.263 e. The predicted molar refractivity (Wildman–Crippen MR) is 84.4 cm³/mol. The Morgan fingerprint density at radius 3 is 2.86 bits per heavy atom. The lowest BCUT2D eigenvalue weighted by atomic mass is 10.3. The van der Waals surface area contributed by atoms with Crippen molar-refractivity contribution in [3.8, 4) is 0 Å². The second kappa shape index (κ2) is 5.95. The number of likely N-dealkylation sites (tertiary alicyclic amines) is 1. The maximum Gasteiger partial charge on any atom is 0.263 e. The minimum atomic E-state index is -0.135. The van der Waals surface area contributed by atoms with Crippen LogP contribution in [0.2, 0.25) is 0 Å². The Labute approximate surface area is 127 Å². The summed E-state index contributed by atoms with van der Waals surface area (Å²) in [6.07, 6.45) is 5.70. The van der Waals surface area contributed by atoms with Crippen LogP contribution in [0.3, 0.4) is 0 Å². The Hall–Kier alpha value is -1.73. The molecule has 2 aromatic heterocycles. The van der Waals surface area contributed by atoms with Gasteiger partial charge in [-0.15, -0.1) is 11.3 Å². The number of fused-ring (bicyclic) bond motifs is 1. The van der Waals surface area contributed by atoms with Gasteiger partial charge in [0.05, 0.1) is 5.69 Å². The number of nitrogens with one attached hydrogen (secondary N) is 1. The maximum atomic E-state index is 12.4. The van der Waals surface area contributed by atoms with Crippen molar-refractivity contribution in [1.82, 2.24) is 20.2 Å². The molecule has 3 N–H and O–H groups in total. The minimum absolute atomic E-state index is 0.0983. The van der Waals surface area contributed by atoms with Gasteiger partial charge in [0, 0.05) is 25.0 Å². The normalized spacial score (nSPS) is 17.2. The van der Waals surface area contributed by atoms with Gasteiger partial charge in [0.15, 0.2) is 0 Å². The number of nitrogens with zero attached hydrogens (tertiary/aromatic N) is 3. The standard InChI is InChI=1S/C14H19N5OS/c1-9(8-19-6-2-3-7-19)18-13(20)12-10(15)11-14(21-12)17-5-4-16-11/h4-5,9H,2-3,6-8,15H2,1H3,(H,18,20). The van der Waals surface area contributed by atoms with E-state index in [4.69, 9.17) is 5.73 Å². The first kappa shape index (κ1) is 14.2. The molecule has 0 aromatic carbocycles. The van der Waals surface area contributed by atoms with Crippen LogP contribution < -0.4 is 11.1 Å². The lowest BCUT2D eigenvalue weighted by Crippen LogP contribution is -2.41. The van der Waals surface area contributed by atoms with E-state index < -0.39 is 0 Å². The summed E-state index contributed by atoms with van der Waals surface area (Å²) in [4.78, 5) is 24.3. The van der Waals surface area contributed by atoms with Crippen LogP contribution >= 0.6 is 11.3 Å². The van der Waals surface area contributed by atoms with Crippen LogP contribution in [0.15, 0.2) is 12.4 Å². The molecule has 21 heavy (non-hydrogen) atoms. The Bertz CT molecular complexity index is 650. The summed E-state index contributed by atoms with van der Waals surface area (Å²) in [5.74, 6) is -0.135. The van der Waals surface area contributed by atoms with Crippen molar-refractivity contribution in [1.29, 1.82) is 0 Å². The monoisotopic (exact) mass is 305 g/mol. The van der Waals surface area contributed by atoms with Crippen LogP contribution in [0.4, 0.5) is 5.69 Å². The molecule has 0 aliphatic carbocycles. The van der Waals surface area contributed by atoms with Gasteiger partial charge in [0.2, 0.25) is 0 Å². The number of anilines is 1. The quantitative estimate of drug-likeness (QED) is 0.894. The van der Waals surface area contributed by atoms with E-state index in [1.807, 2.05) is 6.92 Å². The second-order valence-electron chi connectivity index (χ2n) is 5.44. The van der Waals surface area contributed by atoms with Gasteiger partial charge in [0.1, 0.15) is 15.2 Å². The van der Waals surface area contributed by atoms with Gasteiger partial charge < -0.3 is 16.0 Å². The van der Waals surface area contributed by atoms with E-state index in [0.29, 0.717) is 20.9 Å². The molecule has 0 saturated carbocycles. The first-order valence-corrected chi connectivity index (χ1v) is 7.99. The number of thiophene rings is 1. The third-order valence-corrected chi connectivity index (χ3v) is 4.78. The van der Waals surface area contributed by atoms with Gasteiger partial charge in [-0.2, -0.15) is 0 Å². The summed E-state index contributed by atoms with van der Waals surface area (Å²) in [5.41, 5.74) is 7.05. The van der Waals surface area contributed by atoms with E-state index >= 15 is 0 Å². The summed E-state index contributed by atoms with van der Waals surface area (Å²) in [6.45, 7) is 5.15. The summed E-state index contributed by atoms with van der Waals surface area (Å²) in [6, 6.07) is 0.0983. The molecular weight excluding hydrogens is 286 g/mol. The fourth-order valence-electron chi connectivity index (χ4n) is 2.70. The zero-order chi connectivity index (χ0) is 14.8. The summed E-state index contributed by atoms with van der Waals surface area (Å²) < 4.78 is 0. The Balaban J connectivity index is 1.70. The fourth-order valence-corrected chi connectivity index (χ4v) is 3.62. The molecule has 7 heteroatoms. The minimum Gasteiger partial charge on any atom is -0.396 e. The fraction of sp³-hybridized carbons (Fsp3) is 0.500. The van der Waals surface area contributed by atoms with Gasteiger partial charge in [-0.1, -0.05) is 0 Å². The van der Waals surface area contributed by atoms with Crippen LogP contribution in [0.25, 0.3) is 10.3 Å². The molecule has 1 aliphatic heterocycles. The molecule has 0 radical (unpaired) electrons. The number of hydrogen-bond acceptors (Lipinski definition) is 6. The molecule has 112 valence electrons. The van der Waals surface area contributed by atoms with Crippen LogP contribution in [-0.4, -0.2) is 46.5 Å². The summed E-state index contributed by atoms with van der Waals surface area (Å²) in [5, 5.41) is 3.02. The highest BCUT2D eigenvalue weighted by atomic mass is 32.1. The van der Waals surface area contributed by atoms with Crippen molar-refractivity contribution < 1.29 is 4.79 Å². The molecule has 1 saturated heterocycles. The molecule has 1 aliphatic rings. The maximum absolute atomic E-state index is 12.4. The van der Waals surface area contributed by atoms with E-state index in [2.05, 4.69) is 20.2 Å². The summed E-state index contributed by atoms with van der Waals surface area (Å²) in [7, 11) is 0. The van der Waals surface area contributed by atoms with E-state index in [0.717, 1.165) is 19.6 Å². The predicted octanol–water partition coefficient (Wildman–Crippen LogP) is 1.49. The van der Waals surface area contributed by atoms with Crippen molar-refractivity contribution in [2.45, 2.75) is 25.8 Å². The zero-order valence-corrected chi connectivity index (χ0v) is 12.8. The second-order valence-corrected chi connectivity index (χ2v) is 6.44. The first-order chi connectivity index (χ1) is 10.1. The van der Waals surface area contributed by atoms with E-state index in [9.17, 15) is 4.79 Å². The highest BCUT2D eigenvalue weighted by Crippen LogP contribution is 2.30. The Kier molecular flexibility index (Phi) is 4.03. The number of carbonyl (C=O) groups excluding carboxylic acids is 1. The largest absolute Gasteiger partial charge is 0.396 e. The lowest BCUT2D eigenvalue weighted by molar-refractivity contribution is 0.0937. The van der Waals surface area contributed by atoms with E-state index in [1.54, 1.807) is 12.4 Å². The van der Waals surface area contributed by atoms with Crippen LogP contribution in [0.5, 0.6) is 0 Å². The molecule has 0 bridgehead atoms. The molecular formula is C14H19N5OS. The van der Waals surface area contributed by atoms with Gasteiger partial charge in [-0.05, 0) is 32.9 Å². The van der Waals surface area contributed by atoms with Crippen LogP contribution in [0, 0.1) is 0 Å². The van der Waals surface area contributed by atoms with Gasteiger partial charge in [-0.3, -0.25) is 4.79 Å². The molecule has 0 spiro atoms. The van der Waals surface area contributed by atoms with Crippen molar-refractivity contribution >= 4 is 33.3 Å². The molecule has 1 amide bonds. The number of carbonyl (C=O) groups is 1. The molecule has 1 atom stereocenters. The number of rotatable bonds is 4. The van der Waals surface area contributed by atoms with E-state index in [1.165, 1.54) is 24.2 Å². The molecule has 6 nitrogen and oxygen atoms in total. The van der Waals surface area contributed by atoms with Crippen LogP contribution in [0.1, 0.15) is 29.4 Å². The zero-order valence-electron chi connectivity index (χ0n) is 12.0. The summed E-state index contributed by atoms with van der Waals surface area (Å²) >= 11 is 1.29. The molecule has 3 heterocycles. The van der Waals surface area contributed by atoms with Gasteiger partial charge in [-0.25, -0.2) is 9.97 Å². The number of nitrogens with two attached hydrogens (primary N) is 1. The van der Waals surface area contributed by atoms with Crippen molar-refractivity contribution in [2.75, 3.05) is 25.4 Å². The lowest BCUT2D eigenvalue weighted by Gasteiger charge is -2.20. The topological polar surface area (TPSA) is 84.1 Å². The molecule has 2 aromatic rings. The van der Waals surface area contributed by atoms with Gasteiger partial charge >= 0.3 is 0 Å². The Morgan fingerprint density at radius 1 is 1.43 bits per heavy atom. The highest BCUT2D eigenvalue weighted by Gasteiger charge is 2.21.